The van der Waals surface area contributed by atoms with E-state index >= 15 is 0 Å². The molecule has 2 aliphatic rings. The van der Waals surface area contributed by atoms with Gasteiger partial charge in [0.15, 0.2) is 0 Å². The van der Waals surface area contributed by atoms with E-state index in [9.17, 15) is 4.79 Å². The number of benzene rings is 1. The van der Waals surface area contributed by atoms with Crippen LogP contribution in [-0.4, -0.2) is 5.78 Å². The average molecular weight is 186 g/mol. The topological polar surface area (TPSA) is 17.1 Å². The van der Waals surface area contributed by atoms with Crippen LogP contribution in [0.3, 0.4) is 0 Å². The Bertz CT molecular complexity index is 346. The standard InChI is InChI=1S/C13H14O/c14-13-11-5-6-12(13)8-10-4-2-1-3-9(10)7-11/h1-4,11-12H,5-8H2/t11-,12-/m0/s1. The highest BCUT2D eigenvalue weighted by Gasteiger charge is 2.36. The minimum Gasteiger partial charge on any atom is -0.299 e. The van der Waals surface area contributed by atoms with E-state index in [-0.39, 0.29) is 0 Å². The molecule has 0 unspecified atom stereocenters. The predicted molar refractivity (Wildman–Crippen MR) is 55.1 cm³/mol. The lowest BCUT2D eigenvalue weighted by molar-refractivity contribution is -0.123. The molecule has 0 heterocycles. The van der Waals surface area contributed by atoms with Crippen LogP contribution in [0.1, 0.15) is 24.0 Å². The summed E-state index contributed by atoms with van der Waals surface area (Å²) in [6.07, 6.45) is 4.23. The SMILES string of the molecule is O=C1[C@H]2CC[C@H]1Cc1ccccc1C2. The molecule has 1 aromatic rings. The van der Waals surface area contributed by atoms with Gasteiger partial charge in [-0.1, -0.05) is 24.3 Å². The smallest absolute Gasteiger partial charge is 0.139 e. The predicted octanol–water partition coefficient (Wildman–Crippen LogP) is 2.38. The summed E-state index contributed by atoms with van der Waals surface area (Å²) < 4.78 is 0. The van der Waals surface area contributed by atoms with E-state index in [0.717, 1.165) is 25.7 Å². The Kier molecular flexibility index (Phi) is 1.73. The van der Waals surface area contributed by atoms with Gasteiger partial charge in [0.05, 0.1) is 0 Å². The first-order valence-corrected chi connectivity index (χ1v) is 5.45. The van der Waals surface area contributed by atoms with E-state index in [1.54, 1.807) is 0 Å². The van der Waals surface area contributed by atoms with Gasteiger partial charge < -0.3 is 0 Å². The molecule has 0 amide bonds. The Morgan fingerprint density at radius 3 is 1.93 bits per heavy atom. The van der Waals surface area contributed by atoms with Crippen LogP contribution in [0.4, 0.5) is 0 Å². The summed E-state index contributed by atoms with van der Waals surface area (Å²) in [5.41, 5.74) is 2.82. The zero-order valence-corrected chi connectivity index (χ0v) is 8.20. The lowest BCUT2D eigenvalue weighted by Crippen LogP contribution is -2.13. The maximum atomic E-state index is 11.9. The van der Waals surface area contributed by atoms with Gasteiger partial charge in [0.2, 0.25) is 0 Å². The molecule has 14 heavy (non-hydrogen) atoms. The minimum absolute atomic E-state index is 0.337. The zero-order valence-electron chi connectivity index (χ0n) is 8.20. The third-order valence-corrected chi connectivity index (χ3v) is 3.72. The molecule has 2 atom stereocenters. The maximum Gasteiger partial charge on any atom is 0.139 e. The van der Waals surface area contributed by atoms with Gasteiger partial charge in [-0.25, -0.2) is 0 Å². The molecule has 2 aliphatic carbocycles. The third-order valence-electron chi connectivity index (χ3n) is 3.72. The first-order valence-electron chi connectivity index (χ1n) is 5.45. The van der Waals surface area contributed by atoms with Crippen LogP contribution in [0.2, 0.25) is 0 Å². The van der Waals surface area contributed by atoms with Gasteiger partial charge in [0.1, 0.15) is 5.78 Å². The number of fused-ring (bicyclic) bond motifs is 3. The van der Waals surface area contributed by atoms with Crippen molar-refractivity contribution in [3.05, 3.63) is 35.4 Å². The van der Waals surface area contributed by atoms with Gasteiger partial charge in [0, 0.05) is 11.8 Å². The van der Waals surface area contributed by atoms with E-state index in [0.29, 0.717) is 17.6 Å². The summed E-state index contributed by atoms with van der Waals surface area (Å²) in [7, 11) is 0. The van der Waals surface area contributed by atoms with Crippen molar-refractivity contribution in [2.75, 3.05) is 0 Å². The summed E-state index contributed by atoms with van der Waals surface area (Å²) in [5, 5.41) is 0. The molecule has 0 saturated heterocycles. The van der Waals surface area contributed by atoms with E-state index < -0.39 is 0 Å². The van der Waals surface area contributed by atoms with Crippen molar-refractivity contribution >= 4 is 5.78 Å². The summed E-state index contributed by atoms with van der Waals surface area (Å²) in [6, 6.07) is 8.54. The zero-order chi connectivity index (χ0) is 9.54. The third kappa shape index (κ3) is 1.12. The average Bonchev–Trinajstić information content (AvgIpc) is 2.44. The Morgan fingerprint density at radius 2 is 1.43 bits per heavy atom. The van der Waals surface area contributed by atoms with Crippen LogP contribution in [0, 0.1) is 11.8 Å². The Morgan fingerprint density at radius 1 is 0.929 bits per heavy atom. The van der Waals surface area contributed by atoms with Crippen LogP contribution in [0.15, 0.2) is 24.3 Å². The molecule has 0 aromatic heterocycles. The van der Waals surface area contributed by atoms with E-state index in [1.165, 1.54) is 11.1 Å². The van der Waals surface area contributed by atoms with Crippen LogP contribution >= 0.6 is 0 Å². The van der Waals surface area contributed by atoms with Crippen molar-refractivity contribution in [3.63, 3.8) is 0 Å². The molecule has 1 aromatic carbocycles. The number of rotatable bonds is 0. The van der Waals surface area contributed by atoms with Gasteiger partial charge in [-0.15, -0.1) is 0 Å². The largest absolute Gasteiger partial charge is 0.299 e. The molecule has 0 aliphatic heterocycles. The number of Topliss-reactive ketones (excluding diaryl/α,β-unsaturated/α-hetero) is 1. The first kappa shape index (κ1) is 8.22. The quantitative estimate of drug-likeness (QED) is 0.608. The number of carbonyl (C=O) groups excluding carboxylic acids is 1. The Hall–Kier alpha value is -1.11. The number of hydrogen-bond acceptors (Lipinski definition) is 1. The van der Waals surface area contributed by atoms with Crippen LogP contribution in [-0.2, 0) is 17.6 Å². The summed E-state index contributed by atoms with van der Waals surface area (Å²) in [6.45, 7) is 0. The number of ketones is 1. The minimum atomic E-state index is 0.337. The molecule has 0 spiro atoms. The van der Waals surface area contributed by atoms with Crippen molar-refractivity contribution in [1.29, 1.82) is 0 Å². The second-order valence-corrected chi connectivity index (χ2v) is 4.55. The molecular weight excluding hydrogens is 172 g/mol. The fourth-order valence-electron chi connectivity index (χ4n) is 2.91. The number of carbonyl (C=O) groups is 1. The van der Waals surface area contributed by atoms with E-state index in [4.69, 9.17) is 0 Å². The van der Waals surface area contributed by atoms with Crippen LogP contribution < -0.4 is 0 Å². The summed E-state index contributed by atoms with van der Waals surface area (Å²) in [4.78, 5) is 11.9. The molecule has 1 fully saturated rings. The normalized spacial score (nSPS) is 29.9. The van der Waals surface area contributed by atoms with Crippen molar-refractivity contribution in [3.8, 4) is 0 Å². The fourth-order valence-corrected chi connectivity index (χ4v) is 2.91. The van der Waals surface area contributed by atoms with Gasteiger partial charge in [0.25, 0.3) is 0 Å². The molecule has 2 bridgehead atoms. The lowest BCUT2D eigenvalue weighted by atomic mass is 9.94. The van der Waals surface area contributed by atoms with Crippen LogP contribution in [0.25, 0.3) is 0 Å². The fraction of sp³-hybridized carbons (Fsp3) is 0.462. The summed E-state index contributed by atoms with van der Waals surface area (Å²) >= 11 is 0. The summed E-state index contributed by atoms with van der Waals surface area (Å²) in [5.74, 6) is 1.20. The Balaban J connectivity index is 2.06. The van der Waals surface area contributed by atoms with Gasteiger partial charge in [-0.2, -0.15) is 0 Å². The second kappa shape index (κ2) is 2.94. The van der Waals surface area contributed by atoms with Crippen molar-refractivity contribution < 1.29 is 4.79 Å². The monoisotopic (exact) mass is 186 g/mol. The Labute approximate surface area is 84.1 Å². The van der Waals surface area contributed by atoms with Crippen molar-refractivity contribution in [1.82, 2.24) is 0 Å². The maximum absolute atomic E-state index is 11.9. The second-order valence-electron chi connectivity index (χ2n) is 4.55. The molecule has 1 heteroatoms. The first-order chi connectivity index (χ1) is 6.84. The van der Waals surface area contributed by atoms with E-state index in [1.807, 2.05) is 0 Å². The molecule has 0 radical (unpaired) electrons. The highest BCUT2D eigenvalue weighted by Crippen LogP contribution is 2.36. The molecule has 72 valence electrons. The molecule has 1 saturated carbocycles. The number of hydrogen-bond donors (Lipinski definition) is 0. The van der Waals surface area contributed by atoms with Gasteiger partial charge in [-0.05, 0) is 36.8 Å². The molecular formula is C13H14O. The highest BCUT2D eigenvalue weighted by molar-refractivity contribution is 5.86. The van der Waals surface area contributed by atoms with Gasteiger partial charge >= 0.3 is 0 Å². The van der Waals surface area contributed by atoms with E-state index in [2.05, 4.69) is 24.3 Å². The van der Waals surface area contributed by atoms with Crippen LogP contribution in [0.5, 0.6) is 0 Å². The molecule has 3 rings (SSSR count). The lowest BCUT2D eigenvalue weighted by Gasteiger charge is -2.10. The van der Waals surface area contributed by atoms with Crippen molar-refractivity contribution in [2.45, 2.75) is 25.7 Å². The van der Waals surface area contributed by atoms with Gasteiger partial charge in [-0.3, -0.25) is 4.79 Å². The van der Waals surface area contributed by atoms with Crippen molar-refractivity contribution in [2.24, 2.45) is 11.8 Å². The molecule has 0 N–H and O–H groups in total. The molecule has 1 nitrogen and oxygen atoms in total. The highest BCUT2D eigenvalue weighted by atomic mass is 16.1.